The molecule has 0 spiro atoms. The first-order chi connectivity index (χ1) is 10.1. The summed E-state index contributed by atoms with van der Waals surface area (Å²) in [4.78, 5) is 28.3. The zero-order chi connectivity index (χ0) is 15.2. The number of nitrogens with zero attached hydrogens (tertiary/aromatic N) is 2. The first-order valence-corrected chi connectivity index (χ1v) is 7.05. The number of aromatic nitrogens is 1. The Morgan fingerprint density at radius 2 is 2.29 bits per heavy atom. The van der Waals surface area contributed by atoms with Crippen LogP contribution in [0.15, 0.2) is 24.5 Å². The summed E-state index contributed by atoms with van der Waals surface area (Å²) < 4.78 is 5.23. The molecule has 114 valence electrons. The largest absolute Gasteiger partial charge is 0.481 e. The van der Waals surface area contributed by atoms with Gasteiger partial charge in [-0.1, -0.05) is 6.07 Å². The number of pyridine rings is 1. The number of carboxylic acid groups (broad SMARTS) is 1. The summed E-state index contributed by atoms with van der Waals surface area (Å²) in [6.45, 7) is 1.26. The lowest BCUT2D eigenvalue weighted by Gasteiger charge is -2.25. The van der Waals surface area contributed by atoms with Crippen molar-refractivity contribution in [2.24, 2.45) is 5.92 Å². The second-order valence-electron chi connectivity index (χ2n) is 5.34. The third kappa shape index (κ3) is 4.26. The van der Waals surface area contributed by atoms with Crippen molar-refractivity contribution in [3.8, 4) is 0 Å². The van der Waals surface area contributed by atoms with Crippen LogP contribution in [0.4, 0.5) is 0 Å². The van der Waals surface area contributed by atoms with Gasteiger partial charge in [-0.25, -0.2) is 0 Å². The maximum Gasteiger partial charge on any atom is 0.306 e. The van der Waals surface area contributed by atoms with Gasteiger partial charge in [0.2, 0.25) is 0 Å². The number of likely N-dealkylation sites (tertiary alicyclic amines) is 1. The molecule has 0 aromatic carbocycles. The van der Waals surface area contributed by atoms with Crippen molar-refractivity contribution in [1.82, 2.24) is 9.88 Å². The molecule has 6 heteroatoms. The predicted molar refractivity (Wildman–Crippen MR) is 75.5 cm³/mol. The maximum atomic E-state index is 11.5. The van der Waals surface area contributed by atoms with Gasteiger partial charge in [-0.05, 0) is 31.6 Å². The van der Waals surface area contributed by atoms with Crippen LogP contribution in [0.5, 0.6) is 0 Å². The molecule has 1 aromatic rings. The minimum atomic E-state index is -0.985. The lowest BCUT2D eigenvalue weighted by molar-refractivity contribution is -0.148. The van der Waals surface area contributed by atoms with Crippen molar-refractivity contribution in [2.45, 2.75) is 25.3 Å². The first kappa shape index (κ1) is 15.4. The third-order valence-electron chi connectivity index (χ3n) is 3.80. The summed E-state index contributed by atoms with van der Waals surface area (Å²) in [6, 6.07) is 4.11. The molecule has 0 saturated carbocycles. The van der Waals surface area contributed by atoms with Crippen LogP contribution in [0.25, 0.3) is 0 Å². The minimum Gasteiger partial charge on any atom is -0.481 e. The highest BCUT2D eigenvalue weighted by atomic mass is 16.5. The van der Waals surface area contributed by atoms with Gasteiger partial charge in [-0.3, -0.25) is 19.5 Å². The monoisotopic (exact) mass is 292 g/mol. The van der Waals surface area contributed by atoms with E-state index in [1.165, 1.54) is 0 Å². The Balaban J connectivity index is 1.90. The minimum absolute atomic E-state index is 0.0740. The molecular formula is C15H20N2O4. The van der Waals surface area contributed by atoms with Crippen LogP contribution in [-0.2, 0) is 14.3 Å². The molecule has 1 unspecified atom stereocenters. The molecule has 1 aliphatic rings. The first-order valence-electron chi connectivity index (χ1n) is 7.05. The Labute approximate surface area is 123 Å². The molecule has 2 heterocycles. The summed E-state index contributed by atoms with van der Waals surface area (Å²) in [5, 5.41) is 8.55. The highest BCUT2D eigenvalue weighted by Gasteiger charge is 2.33. The maximum absolute atomic E-state index is 11.5. The van der Waals surface area contributed by atoms with Gasteiger partial charge >= 0.3 is 11.9 Å². The van der Waals surface area contributed by atoms with Crippen molar-refractivity contribution in [3.63, 3.8) is 0 Å². The Morgan fingerprint density at radius 1 is 1.48 bits per heavy atom. The fourth-order valence-electron chi connectivity index (χ4n) is 2.76. The number of carbonyl (C=O) groups is 2. The van der Waals surface area contributed by atoms with Gasteiger partial charge in [0.15, 0.2) is 0 Å². The average Bonchev–Trinajstić information content (AvgIpc) is 2.84. The van der Waals surface area contributed by atoms with Gasteiger partial charge in [-0.15, -0.1) is 0 Å². The summed E-state index contributed by atoms with van der Waals surface area (Å²) in [5.41, 5.74) is 1.11. The van der Waals surface area contributed by atoms with Crippen LogP contribution in [0.3, 0.4) is 0 Å². The topological polar surface area (TPSA) is 79.7 Å². The third-order valence-corrected chi connectivity index (χ3v) is 3.80. The number of carbonyl (C=O) groups excluding carboxylic acids is 1. The standard InChI is InChI=1S/C15H20N2O4/c1-17-8-6-12(10-21-14(20)5-4-13(18)19)15(17)11-3-2-7-16-9-11/h2-3,7,9,12,15H,4-6,8,10H2,1H3,(H,18,19)/t12-,15?/m1/s1. The predicted octanol–water partition coefficient (Wildman–Crippen LogP) is 1.48. The molecule has 2 atom stereocenters. The molecule has 6 nitrogen and oxygen atoms in total. The van der Waals surface area contributed by atoms with E-state index in [1.54, 1.807) is 6.20 Å². The number of hydrogen-bond donors (Lipinski definition) is 1. The van der Waals surface area contributed by atoms with Gasteiger partial charge < -0.3 is 9.84 Å². The molecule has 1 saturated heterocycles. The zero-order valence-electron chi connectivity index (χ0n) is 12.1. The number of ether oxygens (including phenoxy) is 1. The van der Waals surface area contributed by atoms with Gasteiger partial charge in [0.25, 0.3) is 0 Å². The Kier molecular flexibility index (Phi) is 5.27. The smallest absolute Gasteiger partial charge is 0.306 e. The highest BCUT2D eigenvalue weighted by Crippen LogP contribution is 2.35. The van der Waals surface area contributed by atoms with Crippen LogP contribution < -0.4 is 0 Å². The van der Waals surface area contributed by atoms with E-state index in [9.17, 15) is 9.59 Å². The molecule has 1 aromatic heterocycles. The van der Waals surface area contributed by atoms with Gasteiger partial charge in [0.05, 0.1) is 19.4 Å². The molecule has 1 fully saturated rings. The van der Waals surface area contributed by atoms with Gasteiger partial charge in [0.1, 0.15) is 0 Å². The lowest BCUT2D eigenvalue weighted by atomic mass is 9.96. The summed E-state index contributed by atoms with van der Waals surface area (Å²) >= 11 is 0. The lowest BCUT2D eigenvalue weighted by Crippen LogP contribution is -2.24. The number of aliphatic carboxylic acids is 1. The molecule has 0 bridgehead atoms. The normalized spacial score (nSPS) is 22.1. The van der Waals surface area contributed by atoms with Crippen molar-refractivity contribution in [2.75, 3.05) is 20.2 Å². The number of carboxylic acids is 1. The van der Waals surface area contributed by atoms with E-state index in [2.05, 4.69) is 9.88 Å². The Bertz CT molecular complexity index is 492. The molecule has 0 amide bonds. The number of rotatable bonds is 6. The van der Waals surface area contributed by atoms with Gasteiger partial charge in [0, 0.05) is 24.4 Å². The summed E-state index contributed by atoms with van der Waals surface area (Å²) in [6.07, 6.45) is 4.26. The highest BCUT2D eigenvalue weighted by molar-refractivity contribution is 5.76. The summed E-state index contributed by atoms with van der Waals surface area (Å²) in [5.74, 6) is -1.22. The van der Waals surface area contributed by atoms with E-state index >= 15 is 0 Å². The van der Waals surface area contributed by atoms with E-state index in [4.69, 9.17) is 9.84 Å². The van der Waals surface area contributed by atoms with Crippen molar-refractivity contribution in [3.05, 3.63) is 30.1 Å². The van der Waals surface area contributed by atoms with E-state index in [0.717, 1.165) is 18.5 Å². The van der Waals surface area contributed by atoms with Crippen LogP contribution in [0, 0.1) is 5.92 Å². The number of hydrogen-bond acceptors (Lipinski definition) is 5. The Morgan fingerprint density at radius 3 is 2.95 bits per heavy atom. The van der Waals surface area contributed by atoms with Crippen molar-refractivity contribution >= 4 is 11.9 Å². The summed E-state index contributed by atoms with van der Waals surface area (Å²) in [7, 11) is 2.05. The molecule has 1 aliphatic heterocycles. The molecule has 2 rings (SSSR count). The van der Waals surface area contributed by atoms with Crippen LogP contribution in [-0.4, -0.2) is 47.1 Å². The van der Waals surface area contributed by atoms with Crippen molar-refractivity contribution in [1.29, 1.82) is 0 Å². The van der Waals surface area contributed by atoms with E-state index in [0.29, 0.717) is 6.61 Å². The van der Waals surface area contributed by atoms with Crippen LogP contribution in [0.2, 0.25) is 0 Å². The second kappa shape index (κ2) is 7.17. The second-order valence-corrected chi connectivity index (χ2v) is 5.34. The quantitative estimate of drug-likeness (QED) is 0.800. The molecule has 1 N–H and O–H groups in total. The van der Waals surface area contributed by atoms with Crippen LogP contribution >= 0.6 is 0 Å². The van der Waals surface area contributed by atoms with E-state index in [1.807, 2.05) is 25.4 Å². The molecule has 0 aliphatic carbocycles. The fourth-order valence-corrected chi connectivity index (χ4v) is 2.76. The van der Waals surface area contributed by atoms with Crippen molar-refractivity contribution < 1.29 is 19.4 Å². The van der Waals surface area contributed by atoms with E-state index in [-0.39, 0.29) is 24.8 Å². The Hall–Kier alpha value is -1.95. The fraction of sp³-hybridized carbons (Fsp3) is 0.533. The molecule has 0 radical (unpaired) electrons. The SMILES string of the molecule is CN1CC[C@H](COC(=O)CCC(=O)O)C1c1cccnc1. The van der Waals surface area contributed by atoms with E-state index < -0.39 is 11.9 Å². The van der Waals surface area contributed by atoms with Gasteiger partial charge in [-0.2, -0.15) is 0 Å². The average molecular weight is 292 g/mol. The zero-order valence-corrected chi connectivity index (χ0v) is 12.1. The van der Waals surface area contributed by atoms with Crippen LogP contribution in [0.1, 0.15) is 30.9 Å². The number of esters is 1. The molecular weight excluding hydrogens is 272 g/mol. The molecule has 21 heavy (non-hydrogen) atoms.